The first-order valence-electron chi connectivity index (χ1n) is 8.91. The minimum absolute atomic E-state index is 0.148. The molecule has 1 atom stereocenters. The van der Waals surface area contributed by atoms with E-state index in [-0.39, 0.29) is 12.4 Å². The smallest absolute Gasteiger partial charge is 0.338 e. The van der Waals surface area contributed by atoms with Gasteiger partial charge < -0.3 is 9.47 Å². The maximum absolute atomic E-state index is 12.6. The minimum atomic E-state index is -0.833. The van der Waals surface area contributed by atoms with Gasteiger partial charge in [0, 0.05) is 11.1 Å². The second-order valence-electron chi connectivity index (χ2n) is 6.74. The molecule has 4 heteroatoms. The van der Waals surface area contributed by atoms with Crippen molar-refractivity contribution in [3.8, 4) is 5.75 Å². The van der Waals surface area contributed by atoms with Crippen molar-refractivity contribution in [1.82, 2.24) is 0 Å². The van der Waals surface area contributed by atoms with Gasteiger partial charge in [0.25, 0.3) is 0 Å². The van der Waals surface area contributed by atoms with Gasteiger partial charge in [0.05, 0.1) is 5.57 Å². The molecule has 4 rings (SSSR count). The average molecular weight is 348 g/mol. The summed E-state index contributed by atoms with van der Waals surface area (Å²) in [6, 6.07) is 13.3. The predicted molar refractivity (Wildman–Crippen MR) is 98.3 cm³/mol. The van der Waals surface area contributed by atoms with Crippen LogP contribution in [-0.4, -0.2) is 24.5 Å². The van der Waals surface area contributed by atoms with Gasteiger partial charge >= 0.3 is 5.97 Å². The first kappa shape index (κ1) is 16.6. The molecule has 1 heterocycles. The van der Waals surface area contributed by atoms with Crippen LogP contribution < -0.4 is 4.74 Å². The van der Waals surface area contributed by atoms with Gasteiger partial charge in [-0.05, 0) is 55.5 Å². The number of hydrogen-bond donors (Lipinski definition) is 0. The van der Waals surface area contributed by atoms with E-state index in [1.54, 1.807) is 13.0 Å². The summed E-state index contributed by atoms with van der Waals surface area (Å²) in [6.45, 7) is 1.77. The van der Waals surface area contributed by atoms with Crippen LogP contribution in [0.2, 0.25) is 0 Å². The first-order chi connectivity index (χ1) is 12.6. The number of esters is 1. The van der Waals surface area contributed by atoms with Gasteiger partial charge in [-0.15, -0.1) is 0 Å². The maximum Gasteiger partial charge on any atom is 0.338 e. The number of para-hydroxylation sites is 1. The molecule has 2 aromatic rings. The third-order valence-corrected chi connectivity index (χ3v) is 4.93. The van der Waals surface area contributed by atoms with Gasteiger partial charge in [-0.2, -0.15) is 0 Å². The Morgan fingerprint density at radius 2 is 1.88 bits per heavy atom. The van der Waals surface area contributed by atoms with Crippen molar-refractivity contribution in [2.45, 2.75) is 32.3 Å². The lowest BCUT2D eigenvalue weighted by molar-refractivity contribution is -0.141. The van der Waals surface area contributed by atoms with Crippen LogP contribution in [0.5, 0.6) is 5.75 Å². The molecule has 0 amide bonds. The SMILES string of the molecule is C[C@@H](OC(=O)C1=Cc2ccccc2OC1)C(=O)c1ccc2c(c1)CCC2. The van der Waals surface area contributed by atoms with Gasteiger partial charge in [-0.3, -0.25) is 4.79 Å². The number of Topliss-reactive ketones (excluding diaryl/α,β-unsaturated/α-hetero) is 1. The topological polar surface area (TPSA) is 52.6 Å². The molecule has 132 valence electrons. The lowest BCUT2D eigenvalue weighted by atomic mass is 10.0. The minimum Gasteiger partial charge on any atom is -0.488 e. The molecule has 0 N–H and O–H groups in total. The Balaban J connectivity index is 1.46. The van der Waals surface area contributed by atoms with E-state index in [2.05, 4.69) is 0 Å². The molecule has 0 saturated heterocycles. The molecular formula is C22H20O4. The predicted octanol–water partition coefficient (Wildman–Crippen LogP) is 3.77. The number of carbonyl (C=O) groups excluding carboxylic acids is 2. The average Bonchev–Trinajstić information content (AvgIpc) is 3.14. The van der Waals surface area contributed by atoms with Crippen LogP contribution >= 0.6 is 0 Å². The highest BCUT2D eigenvalue weighted by Crippen LogP contribution is 2.27. The zero-order valence-electron chi connectivity index (χ0n) is 14.7. The lowest BCUT2D eigenvalue weighted by Gasteiger charge is -2.19. The third kappa shape index (κ3) is 3.15. The van der Waals surface area contributed by atoms with E-state index in [4.69, 9.17) is 9.47 Å². The number of benzene rings is 2. The van der Waals surface area contributed by atoms with Crippen LogP contribution in [0.3, 0.4) is 0 Å². The molecule has 1 aliphatic carbocycles. The first-order valence-corrected chi connectivity index (χ1v) is 8.91. The number of ketones is 1. The number of hydrogen-bond acceptors (Lipinski definition) is 4. The fourth-order valence-electron chi connectivity index (χ4n) is 3.48. The molecular weight excluding hydrogens is 328 g/mol. The van der Waals surface area contributed by atoms with E-state index in [0.29, 0.717) is 11.1 Å². The van der Waals surface area contributed by atoms with E-state index in [1.165, 1.54) is 11.1 Å². The highest BCUT2D eigenvalue weighted by molar-refractivity contribution is 6.02. The van der Waals surface area contributed by atoms with E-state index in [9.17, 15) is 9.59 Å². The zero-order valence-corrected chi connectivity index (χ0v) is 14.7. The van der Waals surface area contributed by atoms with Crippen LogP contribution in [0.15, 0.2) is 48.0 Å². The Labute approximate surface area is 152 Å². The summed E-state index contributed by atoms with van der Waals surface area (Å²) in [4.78, 5) is 25.1. The number of ether oxygens (including phenoxy) is 2. The van der Waals surface area contributed by atoms with Gasteiger partial charge in [-0.25, -0.2) is 4.79 Å². The molecule has 0 spiro atoms. The van der Waals surface area contributed by atoms with Crippen molar-refractivity contribution < 1.29 is 19.1 Å². The summed E-state index contributed by atoms with van der Waals surface area (Å²) < 4.78 is 11.0. The highest BCUT2D eigenvalue weighted by atomic mass is 16.5. The summed E-state index contributed by atoms with van der Waals surface area (Å²) >= 11 is 0. The molecule has 0 radical (unpaired) electrons. The van der Waals surface area contributed by atoms with Crippen LogP contribution in [0.1, 0.15) is 40.4 Å². The molecule has 0 saturated carbocycles. The molecule has 0 aromatic heterocycles. The van der Waals surface area contributed by atoms with Crippen LogP contribution in [0.4, 0.5) is 0 Å². The van der Waals surface area contributed by atoms with E-state index < -0.39 is 12.1 Å². The Bertz CT molecular complexity index is 910. The van der Waals surface area contributed by atoms with E-state index >= 15 is 0 Å². The molecule has 0 fully saturated rings. The highest BCUT2D eigenvalue weighted by Gasteiger charge is 2.25. The van der Waals surface area contributed by atoms with Gasteiger partial charge in [-0.1, -0.05) is 30.3 Å². The summed E-state index contributed by atoms with van der Waals surface area (Å²) in [5, 5.41) is 0. The van der Waals surface area contributed by atoms with Crippen LogP contribution in [-0.2, 0) is 22.4 Å². The lowest BCUT2D eigenvalue weighted by Crippen LogP contribution is -2.27. The Hall–Kier alpha value is -2.88. The number of rotatable bonds is 4. The standard InChI is InChI=1S/C22H20O4/c1-14(21(23)18-10-9-15-6-4-7-16(15)11-18)26-22(24)19-12-17-5-2-3-8-20(17)25-13-19/h2-3,5,8-12,14H,4,6-7,13H2,1H3/t14-/m1/s1. The Morgan fingerprint density at radius 1 is 1.08 bits per heavy atom. The van der Waals surface area contributed by atoms with Crippen molar-refractivity contribution in [3.63, 3.8) is 0 Å². The zero-order chi connectivity index (χ0) is 18.1. The van der Waals surface area contributed by atoms with Crippen molar-refractivity contribution in [1.29, 1.82) is 0 Å². The molecule has 4 nitrogen and oxygen atoms in total. The largest absolute Gasteiger partial charge is 0.488 e. The summed E-state index contributed by atoms with van der Waals surface area (Å²) in [5.41, 5.74) is 4.40. The molecule has 0 bridgehead atoms. The molecule has 0 unspecified atom stereocenters. The Morgan fingerprint density at radius 3 is 2.77 bits per heavy atom. The van der Waals surface area contributed by atoms with E-state index in [0.717, 1.165) is 30.6 Å². The second kappa shape index (κ2) is 6.79. The molecule has 2 aromatic carbocycles. The fraction of sp³-hybridized carbons (Fsp3) is 0.273. The molecule has 2 aliphatic rings. The summed E-state index contributed by atoms with van der Waals surface area (Å²) in [5.74, 6) is 0.0543. The molecule has 26 heavy (non-hydrogen) atoms. The van der Waals surface area contributed by atoms with Gasteiger partial charge in [0.1, 0.15) is 12.4 Å². The molecule has 1 aliphatic heterocycles. The fourth-order valence-corrected chi connectivity index (χ4v) is 3.48. The van der Waals surface area contributed by atoms with Crippen LogP contribution in [0.25, 0.3) is 6.08 Å². The number of fused-ring (bicyclic) bond motifs is 2. The number of aryl methyl sites for hydroxylation is 2. The number of carbonyl (C=O) groups is 2. The van der Waals surface area contributed by atoms with Gasteiger partial charge in [0.2, 0.25) is 5.78 Å². The quantitative estimate of drug-likeness (QED) is 0.623. The van der Waals surface area contributed by atoms with Crippen molar-refractivity contribution in [2.75, 3.05) is 6.61 Å². The van der Waals surface area contributed by atoms with Crippen molar-refractivity contribution in [2.24, 2.45) is 0 Å². The Kier molecular flexibility index (Phi) is 4.33. The normalized spacial score (nSPS) is 16.0. The van der Waals surface area contributed by atoms with Gasteiger partial charge in [0.15, 0.2) is 6.10 Å². The van der Waals surface area contributed by atoms with Crippen LogP contribution in [0, 0.1) is 0 Å². The maximum atomic E-state index is 12.6. The third-order valence-electron chi connectivity index (χ3n) is 4.93. The van der Waals surface area contributed by atoms with Crippen molar-refractivity contribution in [3.05, 3.63) is 70.3 Å². The second-order valence-corrected chi connectivity index (χ2v) is 6.74. The summed E-state index contributed by atoms with van der Waals surface area (Å²) in [6.07, 6.45) is 4.14. The van der Waals surface area contributed by atoms with Crippen molar-refractivity contribution >= 4 is 17.8 Å². The monoisotopic (exact) mass is 348 g/mol. The summed E-state index contributed by atoms with van der Waals surface area (Å²) in [7, 11) is 0. The van der Waals surface area contributed by atoms with E-state index in [1.807, 2.05) is 42.5 Å².